The molecule has 0 saturated heterocycles. The number of nitrogens with zero attached hydrogens (tertiary/aromatic N) is 3. The zero-order valence-corrected chi connectivity index (χ0v) is 19.9. The van der Waals surface area contributed by atoms with Gasteiger partial charge >= 0.3 is 0 Å². The summed E-state index contributed by atoms with van der Waals surface area (Å²) < 4.78 is 20.6. The fourth-order valence-electron chi connectivity index (χ4n) is 3.50. The molecule has 0 aliphatic carbocycles. The van der Waals surface area contributed by atoms with Gasteiger partial charge < -0.3 is 19.9 Å². The number of aromatic nitrogens is 3. The first-order chi connectivity index (χ1) is 17.4. The van der Waals surface area contributed by atoms with E-state index in [1.54, 1.807) is 60.4 Å². The Bertz CT molecular complexity index is 1340. The minimum atomic E-state index is -0.791. The SMILES string of the molecule is CCC(=O)NC(Cc1cn(C)cn1)C(=O)Nc1cccc(-c2ccc(Oc3ccc(F)cc3)cc2)n1. The summed E-state index contributed by atoms with van der Waals surface area (Å²) in [7, 11) is 1.84. The smallest absolute Gasteiger partial charge is 0.248 e. The predicted molar refractivity (Wildman–Crippen MR) is 134 cm³/mol. The van der Waals surface area contributed by atoms with Crippen molar-refractivity contribution in [1.82, 2.24) is 19.9 Å². The van der Waals surface area contributed by atoms with Gasteiger partial charge in [0.2, 0.25) is 11.8 Å². The molecule has 1 atom stereocenters. The van der Waals surface area contributed by atoms with E-state index >= 15 is 0 Å². The highest BCUT2D eigenvalue weighted by Gasteiger charge is 2.22. The molecule has 8 nitrogen and oxygen atoms in total. The molecular weight excluding hydrogens is 461 g/mol. The van der Waals surface area contributed by atoms with Crippen LogP contribution in [0.1, 0.15) is 19.0 Å². The van der Waals surface area contributed by atoms with Crippen LogP contribution in [0.15, 0.2) is 79.3 Å². The van der Waals surface area contributed by atoms with Gasteiger partial charge in [0.25, 0.3) is 0 Å². The van der Waals surface area contributed by atoms with Crippen LogP contribution in [0.5, 0.6) is 11.5 Å². The summed E-state index contributed by atoms with van der Waals surface area (Å²) in [6.07, 6.45) is 3.97. The van der Waals surface area contributed by atoms with Crippen LogP contribution < -0.4 is 15.4 Å². The largest absolute Gasteiger partial charge is 0.457 e. The summed E-state index contributed by atoms with van der Waals surface area (Å²) in [4.78, 5) is 33.8. The Hall–Kier alpha value is -4.53. The molecule has 4 rings (SSSR count). The second-order valence-electron chi connectivity index (χ2n) is 8.19. The van der Waals surface area contributed by atoms with Gasteiger partial charge in [0.15, 0.2) is 0 Å². The maximum Gasteiger partial charge on any atom is 0.248 e. The number of benzene rings is 2. The average Bonchev–Trinajstić information content (AvgIpc) is 3.30. The Morgan fingerprint density at radius 1 is 1.03 bits per heavy atom. The summed E-state index contributed by atoms with van der Waals surface area (Å²) in [6, 6.07) is 17.6. The molecule has 2 heterocycles. The topological polar surface area (TPSA) is 98.1 Å². The molecule has 1 unspecified atom stereocenters. The normalized spacial score (nSPS) is 11.5. The first kappa shape index (κ1) is 24.6. The van der Waals surface area contributed by atoms with Gasteiger partial charge in [-0.1, -0.05) is 13.0 Å². The van der Waals surface area contributed by atoms with Gasteiger partial charge in [-0.05, 0) is 60.7 Å². The molecule has 36 heavy (non-hydrogen) atoms. The van der Waals surface area contributed by atoms with E-state index in [1.807, 2.05) is 25.2 Å². The van der Waals surface area contributed by atoms with Crippen LogP contribution in [-0.4, -0.2) is 32.4 Å². The van der Waals surface area contributed by atoms with E-state index in [0.717, 1.165) is 5.56 Å². The van der Waals surface area contributed by atoms with Gasteiger partial charge in [-0.2, -0.15) is 0 Å². The lowest BCUT2D eigenvalue weighted by molar-refractivity contribution is -0.126. The van der Waals surface area contributed by atoms with E-state index < -0.39 is 6.04 Å². The number of rotatable bonds is 9. The van der Waals surface area contributed by atoms with Gasteiger partial charge in [-0.25, -0.2) is 14.4 Å². The fourth-order valence-corrected chi connectivity index (χ4v) is 3.50. The number of hydrogen-bond donors (Lipinski definition) is 2. The zero-order valence-electron chi connectivity index (χ0n) is 19.9. The van der Waals surface area contributed by atoms with Crippen molar-refractivity contribution < 1.29 is 18.7 Å². The van der Waals surface area contributed by atoms with Crippen LogP contribution >= 0.6 is 0 Å². The van der Waals surface area contributed by atoms with Gasteiger partial charge in [0, 0.05) is 31.6 Å². The number of aryl methyl sites for hydroxylation is 1. The highest BCUT2D eigenvalue weighted by molar-refractivity contribution is 5.96. The first-order valence-electron chi connectivity index (χ1n) is 11.5. The molecule has 4 aromatic rings. The molecule has 0 fully saturated rings. The molecule has 0 aliphatic heterocycles. The van der Waals surface area contributed by atoms with E-state index in [0.29, 0.717) is 28.7 Å². The molecule has 0 radical (unpaired) electrons. The second-order valence-corrected chi connectivity index (χ2v) is 8.19. The summed E-state index contributed by atoms with van der Waals surface area (Å²) >= 11 is 0. The van der Waals surface area contributed by atoms with Gasteiger partial charge in [-0.3, -0.25) is 9.59 Å². The zero-order chi connectivity index (χ0) is 25.5. The third-order valence-corrected chi connectivity index (χ3v) is 5.34. The molecule has 2 aromatic heterocycles. The number of ether oxygens (including phenoxy) is 1. The Kier molecular flexibility index (Phi) is 7.69. The maximum atomic E-state index is 13.1. The standard InChI is InChI=1S/C27H26FN5O3/c1-3-26(34)31-24(15-20-16-33(2)17-29-20)27(35)32-25-6-4-5-23(30-25)18-7-11-21(12-8-18)36-22-13-9-19(28)10-14-22/h4-14,16-17,24H,3,15H2,1-2H3,(H,31,34)(H,30,32,35). The van der Waals surface area contributed by atoms with Gasteiger partial charge in [0.1, 0.15) is 29.2 Å². The van der Waals surface area contributed by atoms with E-state index in [-0.39, 0.29) is 30.5 Å². The molecule has 0 saturated carbocycles. The van der Waals surface area contributed by atoms with Crippen LogP contribution in [0.25, 0.3) is 11.3 Å². The molecule has 0 spiro atoms. The van der Waals surface area contributed by atoms with Crippen molar-refractivity contribution in [2.24, 2.45) is 7.05 Å². The summed E-state index contributed by atoms with van der Waals surface area (Å²) in [5.74, 6) is 0.555. The monoisotopic (exact) mass is 487 g/mol. The average molecular weight is 488 g/mol. The Morgan fingerprint density at radius 2 is 1.72 bits per heavy atom. The summed E-state index contributed by atoms with van der Waals surface area (Å²) in [5, 5.41) is 5.56. The van der Waals surface area contributed by atoms with Crippen molar-refractivity contribution in [3.8, 4) is 22.8 Å². The predicted octanol–water partition coefficient (Wildman–Crippen LogP) is 4.49. The summed E-state index contributed by atoms with van der Waals surface area (Å²) in [5.41, 5.74) is 2.17. The van der Waals surface area contributed by atoms with Gasteiger partial charge in [0.05, 0.1) is 17.7 Å². The lowest BCUT2D eigenvalue weighted by Gasteiger charge is -2.17. The van der Waals surface area contributed by atoms with Gasteiger partial charge in [-0.15, -0.1) is 0 Å². The van der Waals surface area contributed by atoms with Crippen LogP contribution in [0, 0.1) is 5.82 Å². The minimum absolute atomic E-state index is 0.226. The minimum Gasteiger partial charge on any atom is -0.457 e. The number of carbonyl (C=O) groups is 2. The molecule has 9 heteroatoms. The Balaban J connectivity index is 1.45. The quantitative estimate of drug-likeness (QED) is 0.363. The number of nitrogens with one attached hydrogen (secondary N) is 2. The highest BCUT2D eigenvalue weighted by Crippen LogP contribution is 2.26. The maximum absolute atomic E-state index is 13.1. The van der Waals surface area contributed by atoms with Crippen LogP contribution in [0.3, 0.4) is 0 Å². The molecule has 184 valence electrons. The van der Waals surface area contributed by atoms with E-state index in [9.17, 15) is 14.0 Å². The third-order valence-electron chi connectivity index (χ3n) is 5.34. The van der Waals surface area contributed by atoms with Crippen LogP contribution in [-0.2, 0) is 23.1 Å². The van der Waals surface area contributed by atoms with Crippen molar-refractivity contribution in [3.63, 3.8) is 0 Å². The van der Waals surface area contributed by atoms with Crippen molar-refractivity contribution in [1.29, 1.82) is 0 Å². The fraction of sp³-hybridized carbons (Fsp3) is 0.185. The van der Waals surface area contributed by atoms with Crippen LogP contribution in [0.2, 0.25) is 0 Å². The summed E-state index contributed by atoms with van der Waals surface area (Å²) in [6.45, 7) is 1.73. The third kappa shape index (κ3) is 6.53. The molecule has 2 amide bonds. The number of halogens is 1. The van der Waals surface area contributed by atoms with Crippen molar-refractivity contribution in [3.05, 3.63) is 90.8 Å². The highest BCUT2D eigenvalue weighted by atomic mass is 19.1. The van der Waals surface area contributed by atoms with E-state index in [4.69, 9.17) is 4.74 Å². The number of amides is 2. The number of imidazole rings is 1. The lowest BCUT2D eigenvalue weighted by Crippen LogP contribution is -2.45. The first-order valence-corrected chi connectivity index (χ1v) is 11.5. The number of hydrogen-bond acceptors (Lipinski definition) is 5. The number of anilines is 1. The van der Waals surface area contributed by atoms with Crippen molar-refractivity contribution in [2.75, 3.05) is 5.32 Å². The molecular formula is C27H26FN5O3. The molecule has 0 aliphatic rings. The van der Waals surface area contributed by atoms with Crippen molar-refractivity contribution in [2.45, 2.75) is 25.8 Å². The Morgan fingerprint density at radius 3 is 2.36 bits per heavy atom. The second kappa shape index (κ2) is 11.3. The van der Waals surface area contributed by atoms with Crippen LogP contribution in [0.4, 0.5) is 10.2 Å². The Labute approximate surface area is 208 Å². The van der Waals surface area contributed by atoms with E-state index in [2.05, 4.69) is 20.6 Å². The lowest BCUT2D eigenvalue weighted by atomic mass is 10.1. The number of carbonyl (C=O) groups excluding carboxylic acids is 2. The van der Waals surface area contributed by atoms with Crippen molar-refractivity contribution >= 4 is 17.6 Å². The van der Waals surface area contributed by atoms with E-state index in [1.165, 1.54) is 12.1 Å². The molecule has 2 aromatic carbocycles. The molecule has 2 N–H and O–H groups in total. The molecule has 0 bridgehead atoms. The number of pyridine rings is 1.